The topological polar surface area (TPSA) is 40.5 Å². The minimum atomic E-state index is -0.562. The van der Waals surface area contributed by atoms with E-state index in [1.54, 1.807) is 0 Å². The molecular weight excluding hydrogens is 176 g/mol. The quantitative estimate of drug-likeness (QED) is 0.637. The Hall–Kier alpha value is -0.0800. The van der Waals surface area contributed by atoms with E-state index < -0.39 is 5.60 Å². The van der Waals surface area contributed by atoms with E-state index in [-0.39, 0.29) is 17.4 Å². The van der Waals surface area contributed by atoms with E-state index in [4.69, 9.17) is 5.11 Å². The van der Waals surface area contributed by atoms with Crippen molar-refractivity contribution in [2.24, 2.45) is 10.8 Å². The lowest BCUT2D eigenvalue weighted by atomic mass is 9.79. The smallest absolute Gasteiger partial charge is 0.0639 e. The van der Waals surface area contributed by atoms with E-state index >= 15 is 0 Å². The van der Waals surface area contributed by atoms with E-state index in [1.165, 1.54) is 0 Å². The molecule has 14 heavy (non-hydrogen) atoms. The SMILES string of the molecule is CC(C)(C)C(C)(C)O.CC(C)(C)CO. The van der Waals surface area contributed by atoms with Gasteiger partial charge in [0, 0.05) is 6.61 Å². The van der Waals surface area contributed by atoms with Gasteiger partial charge >= 0.3 is 0 Å². The van der Waals surface area contributed by atoms with Gasteiger partial charge in [0.2, 0.25) is 0 Å². The minimum Gasteiger partial charge on any atom is -0.396 e. The van der Waals surface area contributed by atoms with Crippen LogP contribution in [0.3, 0.4) is 0 Å². The molecule has 0 aromatic rings. The summed E-state index contributed by atoms with van der Waals surface area (Å²) >= 11 is 0. The fourth-order valence-corrected chi connectivity index (χ4v) is 0. The zero-order valence-corrected chi connectivity index (χ0v) is 11.1. The monoisotopic (exact) mass is 204 g/mol. The number of hydrogen-bond acceptors (Lipinski definition) is 2. The Bertz CT molecular complexity index is 129. The third-order valence-corrected chi connectivity index (χ3v) is 2.31. The van der Waals surface area contributed by atoms with Crippen LogP contribution in [0.4, 0.5) is 0 Å². The average Bonchev–Trinajstić information content (AvgIpc) is 1.82. The van der Waals surface area contributed by atoms with Gasteiger partial charge in [0.25, 0.3) is 0 Å². The van der Waals surface area contributed by atoms with Crippen LogP contribution in [0.15, 0.2) is 0 Å². The van der Waals surface area contributed by atoms with Crippen molar-refractivity contribution in [1.29, 1.82) is 0 Å². The number of aliphatic hydroxyl groups is 2. The first-order valence-corrected chi connectivity index (χ1v) is 5.14. The second kappa shape index (κ2) is 5.13. The highest BCUT2D eigenvalue weighted by Crippen LogP contribution is 2.28. The minimum absolute atomic E-state index is 0.00694. The van der Waals surface area contributed by atoms with Crippen molar-refractivity contribution in [3.63, 3.8) is 0 Å². The van der Waals surface area contributed by atoms with Crippen LogP contribution in [0.5, 0.6) is 0 Å². The second-order valence-corrected chi connectivity index (χ2v) is 6.53. The first-order chi connectivity index (χ1) is 5.81. The normalized spacial score (nSPS) is 13.3. The summed E-state index contributed by atoms with van der Waals surface area (Å²) < 4.78 is 0. The molecule has 0 unspecified atom stereocenters. The van der Waals surface area contributed by atoms with Gasteiger partial charge in [-0.15, -0.1) is 0 Å². The molecule has 0 bridgehead atoms. The summed E-state index contributed by atoms with van der Waals surface area (Å²) in [7, 11) is 0. The molecule has 88 valence electrons. The van der Waals surface area contributed by atoms with Crippen molar-refractivity contribution in [3.8, 4) is 0 Å². The van der Waals surface area contributed by atoms with Crippen molar-refractivity contribution >= 4 is 0 Å². The largest absolute Gasteiger partial charge is 0.396 e. The Morgan fingerprint density at radius 1 is 0.786 bits per heavy atom. The molecule has 0 saturated heterocycles. The van der Waals surface area contributed by atoms with Gasteiger partial charge in [0.05, 0.1) is 5.60 Å². The molecule has 2 N–H and O–H groups in total. The number of hydrogen-bond donors (Lipinski definition) is 2. The van der Waals surface area contributed by atoms with Crippen molar-refractivity contribution in [1.82, 2.24) is 0 Å². The Labute approximate surface area is 89.3 Å². The fourth-order valence-electron chi connectivity index (χ4n) is 0. The summed E-state index contributed by atoms with van der Waals surface area (Å²) in [6.45, 7) is 16.0. The van der Waals surface area contributed by atoms with Gasteiger partial charge in [-0.25, -0.2) is 0 Å². The van der Waals surface area contributed by atoms with Crippen molar-refractivity contribution in [2.75, 3.05) is 6.61 Å². The van der Waals surface area contributed by atoms with Crippen molar-refractivity contribution in [2.45, 2.75) is 61.0 Å². The maximum Gasteiger partial charge on any atom is 0.0639 e. The number of rotatable bonds is 0. The highest BCUT2D eigenvalue weighted by Gasteiger charge is 2.29. The van der Waals surface area contributed by atoms with Crippen LogP contribution in [-0.4, -0.2) is 22.4 Å². The van der Waals surface area contributed by atoms with E-state index in [0.29, 0.717) is 0 Å². The molecule has 0 aliphatic heterocycles. The maximum absolute atomic E-state index is 9.35. The zero-order chi connectivity index (χ0) is 12.2. The van der Waals surface area contributed by atoms with Crippen molar-refractivity contribution < 1.29 is 10.2 Å². The molecule has 0 heterocycles. The summed E-state index contributed by atoms with van der Waals surface area (Å²) in [6, 6.07) is 0. The Morgan fingerprint density at radius 3 is 0.929 bits per heavy atom. The Kier molecular flexibility index (Phi) is 5.99. The lowest BCUT2D eigenvalue weighted by Crippen LogP contribution is -2.35. The van der Waals surface area contributed by atoms with Gasteiger partial charge in [-0.1, -0.05) is 41.5 Å². The molecular formula is C12H28O2. The third kappa shape index (κ3) is 10.0. The van der Waals surface area contributed by atoms with E-state index in [2.05, 4.69) is 0 Å². The molecule has 0 aromatic heterocycles. The fraction of sp³-hybridized carbons (Fsp3) is 1.00. The molecule has 0 amide bonds. The molecule has 0 radical (unpaired) electrons. The first kappa shape index (κ1) is 16.4. The van der Waals surface area contributed by atoms with Crippen molar-refractivity contribution in [3.05, 3.63) is 0 Å². The van der Waals surface area contributed by atoms with Crippen LogP contribution in [-0.2, 0) is 0 Å². The maximum atomic E-state index is 9.35. The van der Waals surface area contributed by atoms with Gasteiger partial charge in [0.15, 0.2) is 0 Å². The third-order valence-electron chi connectivity index (χ3n) is 2.31. The molecule has 0 aliphatic rings. The zero-order valence-electron chi connectivity index (χ0n) is 11.1. The Balaban J connectivity index is 0. The van der Waals surface area contributed by atoms with E-state index in [0.717, 1.165) is 0 Å². The summed E-state index contributed by atoms with van der Waals surface area (Å²) in [5, 5.41) is 17.8. The summed E-state index contributed by atoms with van der Waals surface area (Å²) in [5.41, 5.74) is -0.472. The summed E-state index contributed by atoms with van der Waals surface area (Å²) in [4.78, 5) is 0. The molecule has 0 rings (SSSR count). The lowest BCUT2D eigenvalue weighted by Gasteiger charge is -2.33. The highest BCUT2D eigenvalue weighted by molar-refractivity contribution is 4.80. The van der Waals surface area contributed by atoms with Crippen LogP contribution >= 0.6 is 0 Å². The van der Waals surface area contributed by atoms with Crippen LogP contribution in [0.2, 0.25) is 0 Å². The summed E-state index contributed by atoms with van der Waals surface area (Å²) in [5.74, 6) is 0. The molecule has 0 aromatic carbocycles. The van der Waals surface area contributed by atoms with Gasteiger partial charge in [-0.2, -0.15) is 0 Å². The predicted octanol–water partition coefficient (Wildman–Crippen LogP) is 2.83. The molecule has 0 saturated carbocycles. The number of aliphatic hydroxyl groups excluding tert-OH is 1. The summed E-state index contributed by atoms with van der Waals surface area (Å²) in [6.07, 6.45) is 0. The standard InChI is InChI=1S/C7H16O.C5H12O/c1-6(2,3)7(4,5)8;1-5(2,3)4-6/h8H,1-5H3;6H,4H2,1-3H3. The van der Waals surface area contributed by atoms with Crippen LogP contribution in [0.1, 0.15) is 55.4 Å². The van der Waals surface area contributed by atoms with E-state index in [1.807, 2.05) is 55.4 Å². The van der Waals surface area contributed by atoms with E-state index in [9.17, 15) is 5.11 Å². The molecule has 2 nitrogen and oxygen atoms in total. The van der Waals surface area contributed by atoms with Crippen LogP contribution < -0.4 is 0 Å². The highest BCUT2D eigenvalue weighted by atomic mass is 16.3. The van der Waals surface area contributed by atoms with Gasteiger partial charge in [-0.3, -0.25) is 0 Å². The van der Waals surface area contributed by atoms with Gasteiger partial charge in [0.1, 0.15) is 0 Å². The average molecular weight is 204 g/mol. The molecule has 0 fully saturated rings. The Morgan fingerprint density at radius 2 is 0.929 bits per heavy atom. The molecule has 0 aliphatic carbocycles. The molecule has 2 heteroatoms. The van der Waals surface area contributed by atoms with Crippen LogP contribution in [0, 0.1) is 10.8 Å². The van der Waals surface area contributed by atoms with Crippen LogP contribution in [0.25, 0.3) is 0 Å². The lowest BCUT2D eigenvalue weighted by molar-refractivity contribution is -0.0238. The van der Waals surface area contributed by atoms with Gasteiger partial charge < -0.3 is 10.2 Å². The van der Waals surface area contributed by atoms with Gasteiger partial charge in [-0.05, 0) is 24.7 Å². The first-order valence-electron chi connectivity index (χ1n) is 5.14. The predicted molar refractivity (Wildman–Crippen MR) is 62.3 cm³/mol. The second-order valence-electron chi connectivity index (χ2n) is 6.53. The molecule has 0 atom stereocenters. The molecule has 0 spiro atoms.